The maximum atomic E-state index is 12.9. The van der Waals surface area contributed by atoms with Crippen LogP contribution in [0.3, 0.4) is 0 Å². The number of hydrogen-bond acceptors (Lipinski definition) is 3. The Kier molecular flexibility index (Phi) is 2.76. The molecule has 0 atom stereocenters. The summed E-state index contributed by atoms with van der Waals surface area (Å²) in [5.74, 6) is -0.929. The maximum Gasteiger partial charge on any atom is 0.417 e. The van der Waals surface area contributed by atoms with Gasteiger partial charge in [-0.3, -0.25) is 4.79 Å². The number of esters is 1. The Balaban J connectivity index is 2.74. The Labute approximate surface area is 99.6 Å². The average molecular weight is 260 g/mol. The summed E-state index contributed by atoms with van der Waals surface area (Å²) in [5, 5.41) is -0.0825. The van der Waals surface area contributed by atoms with Crippen LogP contribution in [-0.4, -0.2) is 5.97 Å². The lowest BCUT2D eigenvalue weighted by Gasteiger charge is -2.08. The van der Waals surface area contributed by atoms with Gasteiger partial charge < -0.3 is 9.15 Å². The third-order valence-electron chi connectivity index (χ3n) is 2.39. The molecule has 2 aromatic heterocycles. The van der Waals surface area contributed by atoms with Crippen molar-refractivity contribution in [3.8, 4) is 5.88 Å². The molecule has 0 bridgehead atoms. The van der Waals surface area contributed by atoms with Crippen molar-refractivity contribution in [2.45, 2.75) is 13.1 Å². The fourth-order valence-electron chi connectivity index (χ4n) is 1.64. The highest BCUT2D eigenvalue weighted by atomic mass is 19.4. The van der Waals surface area contributed by atoms with E-state index < -0.39 is 17.7 Å². The van der Waals surface area contributed by atoms with Crippen LogP contribution in [0.1, 0.15) is 12.5 Å². The second kappa shape index (κ2) is 4.01. The molecule has 4 nitrogen and oxygen atoms in total. The van der Waals surface area contributed by atoms with Crippen LogP contribution in [0.2, 0.25) is 0 Å². The first kappa shape index (κ1) is 12.4. The number of carbonyl (C=O) groups excluding carboxylic acids is 1. The molecule has 0 fully saturated rings. The number of aryl methyl sites for hydroxylation is 1. The number of nitrogens with zero attached hydrogens (tertiary/aromatic N) is 1. The van der Waals surface area contributed by atoms with Gasteiger partial charge in [0.15, 0.2) is 0 Å². The van der Waals surface area contributed by atoms with Gasteiger partial charge in [-0.25, -0.2) is 0 Å². The first-order valence-electron chi connectivity index (χ1n) is 4.96. The number of hydrogen-bond donors (Lipinski definition) is 0. The molecule has 2 aromatic rings. The van der Waals surface area contributed by atoms with Crippen LogP contribution in [-0.2, 0) is 18.0 Å². The molecule has 96 valence electrons. The lowest BCUT2D eigenvalue weighted by atomic mass is 10.2. The fraction of sp³-hybridized carbons (Fsp3) is 0.273. The number of halogens is 3. The lowest BCUT2D eigenvalue weighted by molar-refractivity contribution is -0.656. The summed E-state index contributed by atoms with van der Waals surface area (Å²) in [7, 11) is 1.45. The fourth-order valence-corrected chi connectivity index (χ4v) is 1.64. The smallest absolute Gasteiger partial charge is 0.413 e. The van der Waals surface area contributed by atoms with Crippen molar-refractivity contribution in [3.05, 3.63) is 24.0 Å². The summed E-state index contributed by atoms with van der Waals surface area (Å²) in [6.45, 7) is 1.11. The van der Waals surface area contributed by atoms with Gasteiger partial charge in [0.05, 0.1) is 17.9 Å². The van der Waals surface area contributed by atoms with E-state index in [1.807, 2.05) is 0 Å². The molecule has 7 heteroatoms. The van der Waals surface area contributed by atoms with Gasteiger partial charge in [-0.15, -0.1) is 4.57 Å². The number of fused-ring (bicyclic) bond motifs is 1. The second-order valence-corrected chi connectivity index (χ2v) is 3.69. The first-order chi connectivity index (χ1) is 8.30. The average Bonchev–Trinajstić information content (AvgIpc) is 2.68. The molecule has 0 saturated carbocycles. The van der Waals surface area contributed by atoms with Gasteiger partial charge >= 0.3 is 23.7 Å². The highest BCUT2D eigenvalue weighted by Crippen LogP contribution is 2.35. The number of furan rings is 1. The highest BCUT2D eigenvalue weighted by Gasteiger charge is 2.38. The topological polar surface area (TPSA) is 43.3 Å². The number of carbonyl (C=O) groups is 1. The van der Waals surface area contributed by atoms with Gasteiger partial charge in [0.2, 0.25) is 0 Å². The van der Waals surface area contributed by atoms with E-state index >= 15 is 0 Å². The number of rotatable bonds is 1. The van der Waals surface area contributed by atoms with E-state index in [0.29, 0.717) is 0 Å². The van der Waals surface area contributed by atoms with Crippen LogP contribution in [0.25, 0.3) is 11.1 Å². The molecule has 0 unspecified atom stereocenters. The van der Waals surface area contributed by atoms with Crippen molar-refractivity contribution in [1.29, 1.82) is 0 Å². The highest BCUT2D eigenvalue weighted by molar-refractivity contribution is 5.77. The summed E-state index contributed by atoms with van der Waals surface area (Å²) in [6.07, 6.45) is -3.40. The zero-order valence-corrected chi connectivity index (χ0v) is 9.54. The normalized spacial score (nSPS) is 11.8. The number of pyridine rings is 1. The molecule has 0 aromatic carbocycles. The van der Waals surface area contributed by atoms with E-state index in [2.05, 4.69) is 0 Å². The van der Waals surface area contributed by atoms with Crippen LogP contribution >= 0.6 is 0 Å². The Morgan fingerprint density at radius 1 is 1.44 bits per heavy atom. The second-order valence-electron chi connectivity index (χ2n) is 3.69. The molecule has 2 heterocycles. The van der Waals surface area contributed by atoms with Crippen LogP contribution in [0.15, 0.2) is 22.8 Å². The predicted octanol–water partition coefficient (Wildman–Crippen LogP) is 2.20. The molecule has 18 heavy (non-hydrogen) atoms. The van der Waals surface area contributed by atoms with Gasteiger partial charge in [0.25, 0.3) is 0 Å². The molecule has 0 aliphatic carbocycles. The van der Waals surface area contributed by atoms with Gasteiger partial charge in [0, 0.05) is 6.92 Å². The van der Waals surface area contributed by atoms with E-state index in [0.717, 1.165) is 19.3 Å². The van der Waals surface area contributed by atoms with Gasteiger partial charge in [-0.2, -0.15) is 13.2 Å². The Morgan fingerprint density at radius 2 is 2.11 bits per heavy atom. The van der Waals surface area contributed by atoms with Crippen molar-refractivity contribution in [2.75, 3.05) is 0 Å². The zero-order valence-electron chi connectivity index (χ0n) is 9.54. The summed E-state index contributed by atoms with van der Waals surface area (Å²) in [4.78, 5) is 10.9. The standard InChI is InChI=1S/C11H9F3NO3/c1-6(16)18-9-5-8(11(12,13)14)7-3-4-17-10(7)15(9)2/h3-5H,1-2H3/q+1. The molecule has 0 aliphatic heterocycles. The van der Waals surface area contributed by atoms with E-state index in [9.17, 15) is 18.0 Å². The monoisotopic (exact) mass is 260 g/mol. The summed E-state index contributed by atoms with van der Waals surface area (Å²) < 4.78 is 49.5. The zero-order chi connectivity index (χ0) is 13.5. The summed E-state index contributed by atoms with van der Waals surface area (Å²) in [6, 6.07) is 1.99. The van der Waals surface area contributed by atoms with Crippen LogP contribution in [0.4, 0.5) is 13.2 Å². The van der Waals surface area contributed by atoms with E-state index in [1.165, 1.54) is 17.7 Å². The van der Waals surface area contributed by atoms with E-state index in [-0.39, 0.29) is 17.0 Å². The van der Waals surface area contributed by atoms with E-state index in [4.69, 9.17) is 9.15 Å². The van der Waals surface area contributed by atoms with Gasteiger partial charge in [-0.05, 0) is 6.07 Å². The number of ether oxygens (including phenoxy) is 1. The molecule has 0 radical (unpaired) electrons. The van der Waals surface area contributed by atoms with Gasteiger partial charge in [-0.1, -0.05) is 0 Å². The van der Waals surface area contributed by atoms with Crippen molar-refractivity contribution in [1.82, 2.24) is 0 Å². The summed E-state index contributed by atoms with van der Waals surface area (Å²) >= 11 is 0. The molecule has 0 saturated heterocycles. The van der Waals surface area contributed by atoms with Gasteiger partial charge in [0.1, 0.15) is 12.4 Å². The minimum atomic E-state index is -4.55. The van der Waals surface area contributed by atoms with Crippen molar-refractivity contribution in [2.24, 2.45) is 7.05 Å². The quantitative estimate of drug-likeness (QED) is 0.583. The molecular formula is C11H9F3NO3+. The third kappa shape index (κ3) is 2.03. The number of aromatic nitrogens is 1. The van der Waals surface area contributed by atoms with Crippen molar-refractivity contribution in [3.63, 3.8) is 0 Å². The van der Waals surface area contributed by atoms with Crippen LogP contribution < -0.4 is 9.30 Å². The van der Waals surface area contributed by atoms with Crippen molar-refractivity contribution < 1.29 is 31.7 Å². The SMILES string of the molecule is CC(=O)Oc1cc(C(F)(F)F)c2ccoc2[n+]1C. The molecular weight excluding hydrogens is 251 g/mol. The number of alkyl halides is 3. The van der Waals surface area contributed by atoms with Crippen LogP contribution in [0, 0.1) is 0 Å². The Morgan fingerprint density at radius 3 is 2.67 bits per heavy atom. The van der Waals surface area contributed by atoms with Crippen LogP contribution in [0.5, 0.6) is 5.88 Å². The summed E-state index contributed by atoms with van der Waals surface area (Å²) in [5.41, 5.74) is -0.915. The third-order valence-corrected chi connectivity index (χ3v) is 2.39. The van der Waals surface area contributed by atoms with Crippen molar-refractivity contribution >= 4 is 17.1 Å². The predicted molar refractivity (Wildman–Crippen MR) is 53.7 cm³/mol. The molecule has 0 spiro atoms. The molecule has 0 N–H and O–H groups in total. The maximum absolute atomic E-state index is 12.9. The largest absolute Gasteiger partial charge is 0.417 e. The Bertz CT molecular complexity index is 616. The lowest BCUT2D eigenvalue weighted by Crippen LogP contribution is -2.33. The molecule has 2 rings (SSSR count). The van der Waals surface area contributed by atoms with E-state index in [1.54, 1.807) is 0 Å². The minimum absolute atomic E-state index is 0.0129. The minimum Gasteiger partial charge on any atom is -0.413 e. The Hall–Kier alpha value is -2.05. The first-order valence-corrected chi connectivity index (χ1v) is 4.96. The molecule has 0 aliphatic rings. The molecule has 0 amide bonds.